The molecule has 0 aromatic carbocycles. The van der Waals surface area contributed by atoms with Crippen LogP contribution in [0.5, 0.6) is 0 Å². The molecule has 5 heteroatoms. The highest BCUT2D eigenvalue weighted by molar-refractivity contribution is 7.99. The first-order valence-corrected chi connectivity index (χ1v) is 7.05. The first-order valence-electron chi connectivity index (χ1n) is 5.66. The summed E-state index contributed by atoms with van der Waals surface area (Å²) in [5, 5.41) is 12.0. The number of carboxylic acids is 1. The Labute approximate surface area is 100 Å². The van der Waals surface area contributed by atoms with Crippen molar-refractivity contribution in [1.29, 1.82) is 0 Å². The third-order valence-electron chi connectivity index (χ3n) is 2.95. The molecule has 16 heavy (non-hydrogen) atoms. The fourth-order valence-electron chi connectivity index (χ4n) is 2.16. The average molecular weight is 245 g/mol. The van der Waals surface area contributed by atoms with Crippen LogP contribution in [0.15, 0.2) is 0 Å². The number of rotatable bonds is 4. The van der Waals surface area contributed by atoms with E-state index in [9.17, 15) is 9.59 Å². The lowest BCUT2D eigenvalue weighted by Crippen LogP contribution is -2.43. The quantitative estimate of drug-likeness (QED) is 0.737. The van der Waals surface area contributed by atoms with Crippen molar-refractivity contribution in [1.82, 2.24) is 5.32 Å². The zero-order valence-corrected chi connectivity index (χ0v) is 10.4. The Morgan fingerprint density at radius 3 is 2.62 bits per heavy atom. The molecule has 4 nitrogen and oxygen atoms in total. The Bertz CT molecular complexity index is 258. The highest BCUT2D eigenvalue weighted by Gasteiger charge is 2.30. The smallest absolute Gasteiger partial charge is 0.308 e. The minimum absolute atomic E-state index is 0.0503. The van der Waals surface area contributed by atoms with Gasteiger partial charge in [-0.25, -0.2) is 0 Å². The summed E-state index contributed by atoms with van der Waals surface area (Å²) >= 11 is 1.45. The Morgan fingerprint density at radius 1 is 1.31 bits per heavy atom. The van der Waals surface area contributed by atoms with E-state index in [2.05, 4.69) is 5.32 Å². The predicted molar refractivity (Wildman–Crippen MR) is 64.5 cm³/mol. The van der Waals surface area contributed by atoms with Gasteiger partial charge in [0.05, 0.1) is 11.7 Å². The molecule has 92 valence electrons. The van der Waals surface area contributed by atoms with Gasteiger partial charge in [-0.2, -0.15) is 11.8 Å². The number of carboxylic acid groups (broad SMARTS) is 1. The van der Waals surface area contributed by atoms with E-state index in [0.29, 0.717) is 12.2 Å². The SMILES string of the molecule is CSCC(=O)NC1CCCCCC1C(=O)O. The molecule has 0 saturated heterocycles. The number of carbonyl (C=O) groups is 2. The molecule has 0 aliphatic heterocycles. The maximum Gasteiger partial charge on any atom is 0.308 e. The lowest BCUT2D eigenvalue weighted by molar-refractivity contribution is -0.143. The normalized spacial score (nSPS) is 25.8. The minimum atomic E-state index is -0.781. The summed E-state index contributed by atoms with van der Waals surface area (Å²) in [7, 11) is 0. The van der Waals surface area contributed by atoms with E-state index < -0.39 is 11.9 Å². The summed E-state index contributed by atoms with van der Waals surface area (Å²) in [5.41, 5.74) is 0. The van der Waals surface area contributed by atoms with Crippen LogP contribution < -0.4 is 5.32 Å². The molecule has 0 heterocycles. The monoisotopic (exact) mass is 245 g/mol. The van der Waals surface area contributed by atoms with Crippen molar-refractivity contribution in [3.8, 4) is 0 Å². The van der Waals surface area contributed by atoms with Gasteiger partial charge in [-0.1, -0.05) is 19.3 Å². The molecule has 1 rings (SSSR count). The molecule has 1 aliphatic rings. The van der Waals surface area contributed by atoms with Crippen molar-refractivity contribution >= 4 is 23.6 Å². The largest absolute Gasteiger partial charge is 0.481 e. The van der Waals surface area contributed by atoms with Crippen molar-refractivity contribution in [2.24, 2.45) is 5.92 Å². The van der Waals surface area contributed by atoms with Crippen molar-refractivity contribution in [2.75, 3.05) is 12.0 Å². The van der Waals surface area contributed by atoms with E-state index >= 15 is 0 Å². The van der Waals surface area contributed by atoms with Gasteiger partial charge in [-0.15, -0.1) is 0 Å². The van der Waals surface area contributed by atoms with Crippen LogP contribution in [-0.4, -0.2) is 35.0 Å². The maximum absolute atomic E-state index is 11.5. The Hall–Kier alpha value is -0.710. The zero-order chi connectivity index (χ0) is 12.0. The molecule has 1 aliphatic carbocycles. The Kier molecular flexibility index (Phi) is 5.66. The number of carbonyl (C=O) groups excluding carboxylic acids is 1. The number of hydrogen-bond donors (Lipinski definition) is 2. The molecular weight excluding hydrogens is 226 g/mol. The topological polar surface area (TPSA) is 66.4 Å². The molecule has 0 aromatic heterocycles. The standard InChI is InChI=1S/C11H19NO3S/c1-16-7-10(13)12-9-6-4-2-3-5-8(9)11(14)15/h8-9H,2-7H2,1H3,(H,12,13)(H,14,15). The summed E-state index contributed by atoms with van der Waals surface area (Å²) in [6, 6.07) is -0.181. The summed E-state index contributed by atoms with van der Waals surface area (Å²) < 4.78 is 0. The Balaban J connectivity index is 2.57. The maximum atomic E-state index is 11.5. The molecule has 0 aromatic rings. The highest BCUT2D eigenvalue weighted by atomic mass is 32.2. The second-order valence-corrected chi connectivity index (χ2v) is 5.06. The summed E-state index contributed by atoms with van der Waals surface area (Å²) in [4.78, 5) is 22.6. The van der Waals surface area contributed by atoms with Crippen LogP contribution in [0.25, 0.3) is 0 Å². The van der Waals surface area contributed by atoms with E-state index in [4.69, 9.17) is 5.11 Å². The molecule has 1 saturated carbocycles. The van der Waals surface area contributed by atoms with Gasteiger partial charge in [-0.3, -0.25) is 9.59 Å². The van der Waals surface area contributed by atoms with E-state index in [-0.39, 0.29) is 11.9 Å². The molecular formula is C11H19NO3S. The fraction of sp³-hybridized carbons (Fsp3) is 0.818. The number of thioether (sulfide) groups is 1. The molecule has 1 amide bonds. The number of amides is 1. The predicted octanol–water partition coefficient (Wildman–Crippen LogP) is 1.50. The van der Waals surface area contributed by atoms with Gasteiger partial charge < -0.3 is 10.4 Å². The summed E-state index contributed by atoms with van der Waals surface area (Å²) in [6.07, 6.45) is 6.36. The van der Waals surface area contributed by atoms with E-state index in [1.54, 1.807) is 0 Å². The minimum Gasteiger partial charge on any atom is -0.481 e. The molecule has 0 spiro atoms. The third-order valence-corrected chi connectivity index (χ3v) is 3.51. The van der Waals surface area contributed by atoms with Gasteiger partial charge in [0.2, 0.25) is 5.91 Å². The van der Waals surface area contributed by atoms with Crippen molar-refractivity contribution in [3.63, 3.8) is 0 Å². The van der Waals surface area contributed by atoms with Crippen LogP contribution in [0, 0.1) is 5.92 Å². The second-order valence-electron chi connectivity index (χ2n) is 4.19. The van der Waals surface area contributed by atoms with Crippen LogP contribution in [0.4, 0.5) is 0 Å². The second kappa shape index (κ2) is 6.78. The van der Waals surface area contributed by atoms with Crippen LogP contribution >= 0.6 is 11.8 Å². The van der Waals surface area contributed by atoms with Crippen LogP contribution in [0.1, 0.15) is 32.1 Å². The molecule has 2 N–H and O–H groups in total. The average Bonchev–Trinajstić information content (AvgIpc) is 2.43. The number of nitrogens with one attached hydrogen (secondary N) is 1. The van der Waals surface area contributed by atoms with Crippen LogP contribution in [0.2, 0.25) is 0 Å². The van der Waals surface area contributed by atoms with Crippen molar-refractivity contribution < 1.29 is 14.7 Å². The van der Waals surface area contributed by atoms with Gasteiger partial charge in [-0.05, 0) is 19.1 Å². The molecule has 0 radical (unpaired) electrons. The van der Waals surface area contributed by atoms with Gasteiger partial charge in [0.1, 0.15) is 0 Å². The van der Waals surface area contributed by atoms with E-state index in [1.165, 1.54) is 11.8 Å². The van der Waals surface area contributed by atoms with Crippen molar-refractivity contribution in [3.05, 3.63) is 0 Å². The van der Waals surface area contributed by atoms with Crippen LogP contribution in [-0.2, 0) is 9.59 Å². The van der Waals surface area contributed by atoms with Crippen molar-refractivity contribution in [2.45, 2.75) is 38.1 Å². The van der Waals surface area contributed by atoms with E-state index in [0.717, 1.165) is 25.7 Å². The molecule has 0 bridgehead atoms. The van der Waals surface area contributed by atoms with Crippen LogP contribution in [0.3, 0.4) is 0 Å². The summed E-state index contributed by atoms with van der Waals surface area (Å²) in [5.74, 6) is -0.835. The van der Waals surface area contributed by atoms with Gasteiger partial charge in [0.15, 0.2) is 0 Å². The number of hydrogen-bond acceptors (Lipinski definition) is 3. The summed E-state index contributed by atoms with van der Waals surface area (Å²) in [6.45, 7) is 0. The third kappa shape index (κ3) is 4.04. The van der Waals surface area contributed by atoms with Gasteiger partial charge in [0.25, 0.3) is 0 Å². The molecule has 1 fully saturated rings. The number of aliphatic carboxylic acids is 1. The van der Waals surface area contributed by atoms with E-state index in [1.807, 2.05) is 6.26 Å². The fourth-order valence-corrected chi connectivity index (χ4v) is 2.50. The lowest BCUT2D eigenvalue weighted by Gasteiger charge is -2.22. The molecule has 2 atom stereocenters. The first-order chi connectivity index (χ1) is 7.65. The Morgan fingerprint density at radius 2 is 2.00 bits per heavy atom. The lowest BCUT2D eigenvalue weighted by atomic mass is 9.95. The molecule has 2 unspecified atom stereocenters. The first kappa shape index (κ1) is 13.4. The van der Waals surface area contributed by atoms with Gasteiger partial charge >= 0.3 is 5.97 Å². The van der Waals surface area contributed by atoms with Gasteiger partial charge in [0, 0.05) is 6.04 Å². The highest BCUT2D eigenvalue weighted by Crippen LogP contribution is 2.23. The zero-order valence-electron chi connectivity index (χ0n) is 9.57.